The van der Waals surface area contributed by atoms with Crippen molar-refractivity contribution in [2.45, 2.75) is 111 Å². The Morgan fingerprint density at radius 3 is 2.19 bits per heavy atom. The van der Waals surface area contributed by atoms with Crippen LogP contribution in [0.5, 0.6) is 0 Å². The van der Waals surface area contributed by atoms with E-state index in [1.807, 2.05) is 0 Å². The summed E-state index contributed by atoms with van der Waals surface area (Å²) in [6, 6.07) is 0. The number of esters is 1. The third-order valence-electron chi connectivity index (χ3n) is 9.75. The third-order valence-corrected chi connectivity index (χ3v) is 9.75. The van der Waals surface area contributed by atoms with Gasteiger partial charge in [-0.15, -0.1) is 0 Å². The molecule has 0 spiro atoms. The van der Waals surface area contributed by atoms with Crippen molar-refractivity contribution >= 4 is 5.97 Å². The molecule has 4 unspecified atom stereocenters. The van der Waals surface area contributed by atoms with Gasteiger partial charge in [0.15, 0.2) is 6.29 Å². The van der Waals surface area contributed by atoms with Crippen LogP contribution < -0.4 is 0 Å². The van der Waals surface area contributed by atoms with E-state index in [9.17, 15) is 9.90 Å². The fourth-order valence-corrected chi connectivity index (χ4v) is 8.18. The Bertz CT molecular complexity index is 614. The van der Waals surface area contributed by atoms with Gasteiger partial charge in [0.25, 0.3) is 0 Å². The minimum Gasteiger partial charge on any atom is -0.460 e. The summed E-state index contributed by atoms with van der Waals surface area (Å²) in [6.45, 7) is 11.2. The molecule has 0 aromatic heterocycles. The van der Waals surface area contributed by atoms with Crippen molar-refractivity contribution in [1.29, 1.82) is 0 Å². The molecule has 5 aliphatic rings. The number of aliphatic hydroxyl groups excluding tert-OH is 1. The lowest BCUT2D eigenvalue weighted by Crippen LogP contribution is -2.50. The minimum atomic E-state index is -1.03. The topological polar surface area (TPSA) is 55.8 Å². The molecule has 0 heterocycles. The molecule has 4 atom stereocenters. The van der Waals surface area contributed by atoms with Crippen molar-refractivity contribution in [2.75, 3.05) is 6.61 Å². The van der Waals surface area contributed by atoms with E-state index in [0.29, 0.717) is 0 Å². The maximum atomic E-state index is 12.6. The summed E-state index contributed by atoms with van der Waals surface area (Å²) in [5.74, 6) is 4.64. The Balaban J connectivity index is 1.20. The largest absolute Gasteiger partial charge is 0.460 e. The van der Waals surface area contributed by atoms with E-state index in [0.717, 1.165) is 61.2 Å². The van der Waals surface area contributed by atoms with E-state index in [4.69, 9.17) is 9.47 Å². The number of carbonyl (C=O) groups excluding carboxylic acids is 1. The van der Waals surface area contributed by atoms with Gasteiger partial charge in [-0.2, -0.15) is 0 Å². The second-order valence-electron chi connectivity index (χ2n) is 12.7. The molecule has 0 amide bonds. The van der Waals surface area contributed by atoms with Crippen LogP contribution in [0.1, 0.15) is 98.8 Å². The quantitative estimate of drug-likeness (QED) is 0.359. The van der Waals surface area contributed by atoms with Gasteiger partial charge in [0.05, 0.1) is 11.5 Å². The van der Waals surface area contributed by atoms with Crippen LogP contribution >= 0.6 is 0 Å². The second-order valence-corrected chi connectivity index (χ2v) is 12.7. The van der Waals surface area contributed by atoms with Crippen LogP contribution in [0.3, 0.4) is 0 Å². The van der Waals surface area contributed by atoms with Crippen LogP contribution in [0.15, 0.2) is 0 Å². The maximum Gasteiger partial charge on any atom is 0.309 e. The van der Waals surface area contributed by atoms with E-state index < -0.39 is 6.29 Å². The molecule has 0 saturated heterocycles. The fraction of sp³-hybridized carbons (Fsp3) is 0.963. The zero-order valence-electron chi connectivity index (χ0n) is 20.6. The first kappa shape index (κ1) is 23.5. The summed E-state index contributed by atoms with van der Waals surface area (Å²) < 4.78 is 11.7. The first-order valence-electron chi connectivity index (χ1n) is 13.1. The molecule has 0 aliphatic heterocycles. The number of aliphatic hydroxyl groups is 1. The van der Waals surface area contributed by atoms with E-state index >= 15 is 0 Å². The first-order valence-corrected chi connectivity index (χ1v) is 13.1. The molecular weight excluding hydrogens is 388 g/mol. The van der Waals surface area contributed by atoms with E-state index in [1.165, 1.54) is 38.5 Å². The van der Waals surface area contributed by atoms with Gasteiger partial charge in [-0.25, -0.2) is 0 Å². The Morgan fingerprint density at radius 2 is 1.65 bits per heavy atom. The predicted octanol–water partition coefficient (Wildman–Crippen LogP) is 5.96. The highest BCUT2D eigenvalue weighted by molar-refractivity contribution is 5.72. The number of hydrogen-bond donors (Lipinski definition) is 1. The average molecular weight is 435 g/mol. The van der Waals surface area contributed by atoms with Crippen LogP contribution in [-0.4, -0.2) is 29.6 Å². The normalized spacial score (nSPS) is 39.1. The molecule has 4 bridgehead atoms. The molecular formula is C27H46O4. The van der Waals surface area contributed by atoms with Gasteiger partial charge in [-0.3, -0.25) is 4.79 Å². The van der Waals surface area contributed by atoms with Crippen LogP contribution in [0.2, 0.25) is 0 Å². The number of carbonyl (C=O) groups is 1. The highest BCUT2D eigenvalue weighted by atomic mass is 16.6. The molecule has 31 heavy (non-hydrogen) atoms. The van der Waals surface area contributed by atoms with Crippen LogP contribution in [0, 0.1) is 46.8 Å². The molecule has 5 saturated carbocycles. The molecule has 178 valence electrons. The predicted molar refractivity (Wildman–Crippen MR) is 122 cm³/mol. The number of rotatable bonds is 9. The Kier molecular flexibility index (Phi) is 6.81. The Labute approximate surface area is 189 Å². The second kappa shape index (κ2) is 8.97. The third kappa shape index (κ3) is 4.86. The van der Waals surface area contributed by atoms with Crippen LogP contribution in [0.4, 0.5) is 0 Å². The molecule has 0 aromatic carbocycles. The van der Waals surface area contributed by atoms with Crippen molar-refractivity contribution in [2.24, 2.45) is 46.8 Å². The Morgan fingerprint density at radius 1 is 1.03 bits per heavy atom. The summed E-state index contributed by atoms with van der Waals surface area (Å²) in [7, 11) is 0. The van der Waals surface area contributed by atoms with Gasteiger partial charge in [0.1, 0.15) is 6.61 Å². The minimum absolute atomic E-state index is 0.0117. The summed E-state index contributed by atoms with van der Waals surface area (Å²) in [4.78, 5) is 12.6. The zero-order chi connectivity index (χ0) is 22.4. The lowest BCUT2D eigenvalue weighted by molar-refractivity contribution is -0.240. The van der Waals surface area contributed by atoms with Crippen molar-refractivity contribution in [3.63, 3.8) is 0 Å². The average Bonchev–Trinajstić information content (AvgIpc) is 3.12. The highest BCUT2D eigenvalue weighted by Gasteiger charge is 2.62. The number of hydrogen-bond acceptors (Lipinski definition) is 4. The monoisotopic (exact) mass is 434 g/mol. The molecule has 0 radical (unpaired) electrons. The van der Waals surface area contributed by atoms with Crippen molar-refractivity contribution in [1.82, 2.24) is 0 Å². The lowest BCUT2D eigenvalue weighted by Gasteiger charge is -2.50. The molecule has 5 rings (SSSR count). The smallest absolute Gasteiger partial charge is 0.309 e. The Hall–Kier alpha value is -0.610. The molecule has 0 aromatic rings. The summed E-state index contributed by atoms with van der Waals surface area (Å²) in [6.07, 6.45) is 10.8. The number of ether oxygens (including phenoxy) is 2. The van der Waals surface area contributed by atoms with Gasteiger partial charge in [0, 0.05) is 0 Å². The van der Waals surface area contributed by atoms with E-state index in [-0.39, 0.29) is 29.5 Å². The van der Waals surface area contributed by atoms with Gasteiger partial charge < -0.3 is 14.6 Å². The SMILES string of the molecule is CC(C)CC(C)C1CCC(C(=O)OCC(O)OC(C)(C)C23CC4CC(C2)C(C4)C3)CC1. The van der Waals surface area contributed by atoms with Gasteiger partial charge in [-0.1, -0.05) is 20.8 Å². The van der Waals surface area contributed by atoms with Gasteiger partial charge in [0.2, 0.25) is 0 Å². The lowest BCUT2D eigenvalue weighted by atomic mass is 9.61. The molecule has 1 N–H and O–H groups in total. The molecule has 4 nitrogen and oxygen atoms in total. The highest BCUT2D eigenvalue weighted by Crippen LogP contribution is 2.68. The standard InChI is InChI=1S/C27H46O4/c1-17(2)10-18(3)20-6-8-21(9-7-20)25(29)30-16-24(28)31-26(4,5)27-13-19-11-22(14-27)23(12-19)15-27/h17-24,28H,6-16H2,1-5H3. The molecule has 5 fully saturated rings. The van der Waals surface area contributed by atoms with Gasteiger partial charge in [-0.05, 0) is 119 Å². The summed E-state index contributed by atoms with van der Waals surface area (Å²) in [5, 5.41) is 10.6. The first-order chi connectivity index (χ1) is 14.6. The maximum absolute atomic E-state index is 12.6. The van der Waals surface area contributed by atoms with Crippen molar-refractivity contribution in [3.05, 3.63) is 0 Å². The van der Waals surface area contributed by atoms with E-state index in [2.05, 4.69) is 34.6 Å². The fourth-order valence-electron chi connectivity index (χ4n) is 8.18. The zero-order valence-corrected chi connectivity index (χ0v) is 20.6. The van der Waals surface area contributed by atoms with E-state index in [1.54, 1.807) is 0 Å². The summed E-state index contributed by atoms with van der Waals surface area (Å²) in [5.41, 5.74) is -0.185. The van der Waals surface area contributed by atoms with Crippen molar-refractivity contribution in [3.8, 4) is 0 Å². The van der Waals surface area contributed by atoms with Crippen LogP contribution in [0.25, 0.3) is 0 Å². The van der Waals surface area contributed by atoms with Crippen molar-refractivity contribution < 1.29 is 19.4 Å². The van der Waals surface area contributed by atoms with Crippen LogP contribution in [-0.2, 0) is 14.3 Å². The molecule has 5 aliphatic carbocycles. The van der Waals surface area contributed by atoms with Gasteiger partial charge >= 0.3 is 5.97 Å². The summed E-state index contributed by atoms with van der Waals surface area (Å²) >= 11 is 0. The molecule has 4 heteroatoms.